The van der Waals surface area contributed by atoms with Gasteiger partial charge in [0.05, 0.1) is 11.4 Å². The minimum atomic E-state index is 0.536. The molecule has 4 nitrogen and oxygen atoms in total. The molecule has 0 radical (unpaired) electrons. The van der Waals surface area contributed by atoms with E-state index in [0.717, 1.165) is 13.1 Å². The molecule has 3 rings (SSSR count). The average molecular weight is 323 g/mol. The molecule has 0 amide bonds. The van der Waals surface area contributed by atoms with Gasteiger partial charge in [-0.1, -0.05) is 25.8 Å². The monoisotopic (exact) mass is 322 g/mol. The highest BCUT2D eigenvalue weighted by molar-refractivity contribution is 8.02. The molecule has 2 aliphatic rings. The Kier molecular flexibility index (Phi) is 7.33. The number of rotatable bonds is 3. The first kappa shape index (κ1) is 17.4. The SMILES string of the molecule is C=C(SC)N1CCC(c2cnc[nH]2)CC1.NC1CCCCC1. The summed E-state index contributed by atoms with van der Waals surface area (Å²) in [4.78, 5) is 9.66. The number of hydrogen-bond acceptors (Lipinski definition) is 4. The van der Waals surface area contributed by atoms with Crippen LogP contribution in [0.4, 0.5) is 0 Å². The van der Waals surface area contributed by atoms with E-state index < -0.39 is 0 Å². The van der Waals surface area contributed by atoms with Crippen molar-refractivity contribution in [2.45, 2.75) is 56.9 Å². The van der Waals surface area contributed by atoms with Crippen molar-refractivity contribution in [3.05, 3.63) is 29.8 Å². The number of imidazole rings is 1. The van der Waals surface area contributed by atoms with E-state index in [1.165, 1.54) is 55.7 Å². The summed E-state index contributed by atoms with van der Waals surface area (Å²) < 4.78 is 0. The van der Waals surface area contributed by atoms with E-state index in [9.17, 15) is 0 Å². The molecule has 1 saturated heterocycles. The number of likely N-dealkylation sites (tertiary alicyclic amines) is 1. The van der Waals surface area contributed by atoms with Crippen molar-refractivity contribution in [3.63, 3.8) is 0 Å². The van der Waals surface area contributed by atoms with Gasteiger partial charge in [-0.3, -0.25) is 0 Å². The number of aromatic nitrogens is 2. The van der Waals surface area contributed by atoms with Crippen LogP contribution in [0.15, 0.2) is 24.1 Å². The Morgan fingerprint density at radius 2 is 1.95 bits per heavy atom. The summed E-state index contributed by atoms with van der Waals surface area (Å²) >= 11 is 1.74. The lowest BCUT2D eigenvalue weighted by Crippen LogP contribution is -2.31. The molecule has 124 valence electrons. The van der Waals surface area contributed by atoms with Crippen LogP contribution in [0.3, 0.4) is 0 Å². The van der Waals surface area contributed by atoms with E-state index in [4.69, 9.17) is 5.73 Å². The molecule has 0 atom stereocenters. The lowest BCUT2D eigenvalue weighted by molar-refractivity contribution is 0.277. The Hall–Kier alpha value is -0.940. The molecule has 0 spiro atoms. The quantitative estimate of drug-likeness (QED) is 0.891. The first-order valence-corrected chi connectivity index (χ1v) is 9.65. The molecule has 1 aromatic rings. The topological polar surface area (TPSA) is 57.9 Å². The maximum Gasteiger partial charge on any atom is 0.0921 e. The second-order valence-electron chi connectivity index (χ2n) is 6.26. The Morgan fingerprint density at radius 3 is 2.41 bits per heavy atom. The molecule has 2 heterocycles. The van der Waals surface area contributed by atoms with Crippen LogP contribution in [-0.4, -0.2) is 40.3 Å². The molecule has 3 N–H and O–H groups in total. The zero-order chi connectivity index (χ0) is 15.8. The van der Waals surface area contributed by atoms with E-state index in [1.807, 2.05) is 6.20 Å². The van der Waals surface area contributed by atoms with Crippen LogP contribution < -0.4 is 5.73 Å². The van der Waals surface area contributed by atoms with Crippen molar-refractivity contribution in [3.8, 4) is 0 Å². The summed E-state index contributed by atoms with van der Waals surface area (Å²) in [6.45, 7) is 6.28. The van der Waals surface area contributed by atoms with Crippen molar-refractivity contribution in [1.82, 2.24) is 14.9 Å². The molecule has 1 saturated carbocycles. The van der Waals surface area contributed by atoms with Gasteiger partial charge in [0.25, 0.3) is 0 Å². The van der Waals surface area contributed by atoms with E-state index in [0.29, 0.717) is 12.0 Å². The summed E-state index contributed by atoms with van der Waals surface area (Å²) in [6.07, 6.45) is 14.9. The molecule has 2 fully saturated rings. The fourth-order valence-electron chi connectivity index (χ4n) is 3.19. The molecule has 5 heteroatoms. The fourth-order valence-corrected chi connectivity index (χ4v) is 3.63. The molecule has 22 heavy (non-hydrogen) atoms. The number of nitrogens with one attached hydrogen (secondary N) is 1. The maximum atomic E-state index is 5.63. The summed E-state index contributed by atoms with van der Waals surface area (Å²) in [5.74, 6) is 0.651. The van der Waals surface area contributed by atoms with E-state index >= 15 is 0 Å². The molecular formula is C17H30N4S. The van der Waals surface area contributed by atoms with Crippen LogP contribution in [0.25, 0.3) is 0 Å². The number of nitrogens with two attached hydrogens (primary N) is 1. The third-order valence-electron chi connectivity index (χ3n) is 4.69. The predicted molar refractivity (Wildman–Crippen MR) is 95.9 cm³/mol. The van der Waals surface area contributed by atoms with E-state index in [1.54, 1.807) is 18.1 Å². The smallest absolute Gasteiger partial charge is 0.0921 e. The third-order valence-corrected chi connectivity index (χ3v) is 5.42. The van der Waals surface area contributed by atoms with Crippen LogP contribution in [0.1, 0.15) is 56.6 Å². The number of piperidine rings is 1. The Morgan fingerprint density at radius 1 is 1.27 bits per heavy atom. The number of hydrogen-bond donors (Lipinski definition) is 2. The summed E-state index contributed by atoms with van der Waals surface area (Å²) in [5, 5.41) is 1.19. The van der Waals surface area contributed by atoms with Gasteiger partial charge < -0.3 is 15.6 Å². The Bertz CT molecular complexity index is 418. The second-order valence-corrected chi connectivity index (χ2v) is 7.14. The highest BCUT2D eigenvalue weighted by Crippen LogP contribution is 2.29. The number of nitrogens with zero attached hydrogens (tertiary/aromatic N) is 2. The van der Waals surface area contributed by atoms with Crippen molar-refractivity contribution in [2.24, 2.45) is 5.73 Å². The summed E-state index contributed by atoms with van der Waals surface area (Å²) in [7, 11) is 0. The van der Waals surface area contributed by atoms with Gasteiger partial charge in [0.2, 0.25) is 0 Å². The Balaban J connectivity index is 0.000000211. The van der Waals surface area contributed by atoms with Crippen molar-refractivity contribution >= 4 is 11.8 Å². The fraction of sp³-hybridized carbons (Fsp3) is 0.706. The standard InChI is InChI=1S/C11H17N3S.C6H13N/c1-9(15-2)14-5-3-10(4-6-14)11-7-12-8-13-11;7-6-4-2-1-3-5-6/h7-8,10H,1,3-6H2,2H3,(H,12,13);6H,1-5,7H2. The van der Waals surface area contributed by atoms with Gasteiger partial charge in [-0.05, 0) is 31.9 Å². The van der Waals surface area contributed by atoms with E-state index in [2.05, 4.69) is 27.7 Å². The third kappa shape index (κ3) is 5.36. The highest BCUT2D eigenvalue weighted by Gasteiger charge is 2.21. The van der Waals surface area contributed by atoms with Crippen LogP contribution in [-0.2, 0) is 0 Å². The first-order chi connectivity index (χ1) is 10.7. The van der Waals surface area contributed by atoms with Crippen LogP contribution in [0.5, 0.6) is 0 Å². The normalized spacial score (nSPS) is 20.4. The number of H-pyrrole nitrogens is 1. The zero-order valence-corrected chi connectivity index (χ0v) is 14.6. The largest absolute Gasteiger partial charge is 0.367 e. The average Bonchev–Trinajstić information content (AvgIpc) is 3.10. The molecular weight excluding hydrogens is 292 g/mol. The van der Waals surface area contributed by atoms with Gasteiger partial charge in [0.1, 0.15) is 0 Å². The highest BCUT2D eigenvalue weighted by atomic mass is 32.2. The molecule has 0 aromatic carbocycles. The van der Waals surface area contributed by atoms with Crippen molar-refractivity contribution in [1.29, 1.82) is 0 Å². The first-order valence-electron chi connectivity index (χ1n) is 8.42. The molecule has 1 aromatic heterocycles. The van der Waals surface area contributed by atoms with Crippen molar-refractivity contribution < 1.29 is 0 Å². The van der Waals surface area contributed by atoms with E-state index in [-0.39, 0.29) is 0 Å². The predicted octanol–water partition coefficient (Wildman–Crippen LogP) is 3.70. The molecule has 0 bridgehead atoms. The van der Waals surface area contributed by atoms with Gasteiger partial charge in [0.15, 0.2) is 0 Å². The van der Waals surface area contributed by atoms with Crippen LogP contribution >= 0.6 is 11.8 Å². The van der Waals surface area contributed by atoms with Gasteiger partial charge in [-0.25, -0.2) is 4.98 Å². The lowest BCUT2D eigenvalue weighted by atomic mass is 9.94. The summed E-state index contributed by atoms with van der Waals surface area (Å²) in [5.41, 5.74) is 6.92. The van der Waals surface area contributed by atoms with Gasteiger partial charge in [-0.15, -0.1) is 11.8 Å². The van der Waals surface area contributed by atoms with Crippen molar-refractivity contribution in [2.75, 3.05) is 19.3 Å². The lowest BCUT2D eigenvalue weighted by Gasteiger charge is -2.33. The molecule has 0 unspecified atom stereocenters. The minimum absolute atomic E-state index is 0.536. The second kappa shape index (κ2) is 9.26. The minimum Gasteiger partial charge on any atom is -0.367 e. The molecule has 1 aliphatic heterocycles. The van der Waals surface area contributed by atoms with Crippen LogP contribution in [0, 0.1) is 0 Å². The number of aromatic amines is 1. The zero-order valence-electron chi connectivity index (χ0n) is 13.8. The Labute approximate surface area is 138 Å². The maximum absolute atomic E-state index is 5.63. The van der Waals surface area contributed by atoms with Crippen LogP contribution in [0.2, 0.25) is 0 Å². The molecule has 1 aliphatic carbocycles. The van der Waals surface area contributed by atoms with Gasteiger partial charge >= 0.3 is 0 Å². The summed E-state index contributed by atoms with van der Waals surface area (Å²) in [6, 6.07) is 0.536. The van der Waals surface area contributed by atoms with Gasteiger partial charge in [-0.2, -0.15) is 0 Å². The van der Waals surface area contributed by atoms with Gasteiger partial charge in [0, 0.05) is 36.9 Å². The number of thioether (sulfide) groups is 1.